The molecule has 3 rings (SSSR count). The maximum absolute atomic E-state index is 12.3. The number of carbonyl (C=O) groups excluding carboxylic acids is 1. The SMILES string of the molecule is CC(C)(CO)NC(=O)[C]1[CH][CH][CH][C]1Sc1ccccc1.[CH]1[CH][CH][CH][CH]1.[Fe+2]. The van der Waals surface area contributed by atoms with Crippen LogP contribution in [0.1, 0.15) is 13.8 Å². The molecule has 2 N–H and O–H groups in total. The van der Waals surface area contributed by atoms with Crippen molar-refractivity contribution in [2.75, 3.05) is 6.61 Å². The van der Waals surface area contributed by atoms with Crippen molar-refractivity contribution in [1.82, 2.24) is 5.32 Å². The van der Waals surface area contributed by atoms with Gasteiger partial charge in [-0.25, -0.2) is 0 Å². The van der Waals surface area contributed by atoms with Crippen LogP contribution in [0.25, 0.3) is 0 Å². The van der Waals surface area contributed by atoms with Crippen molar-refractivity contribution in [2.45, 2.75) is 24.3 Å². The number of amides is 1. The van der Waals surface area contributed by atoms with Gasteiger partial charge in [-0.05, 0) is 77.3 Å². The zero-order valence-electron chi connectivity index (χ0n) is 14.8. The molecule has 1 aromatic carbocycles. The van der Waals surface area contributed by atoms with Gasteiger partial charge in [-0.3, -0.25) is 4.79 Å². The number of aliphatic hydroxyl groups excluding tert-OH is 1. The van der Waals surface area contributed by atoms with Gasteiger partial charge in [-0.1, -0.05) is 18.2 Å². The first-order valence-corrected chi connectivity index (χ1v) is 8.92. The van der Waals surface area contributed by atoms with Crippen LogP contribution in [-0.4, -0.2) is 23.2 Å². The third-order valence-corrected chi connectivity index (χ3v) is 4.48. The zero-order chi connectivity index (χ0) is 18.1. The monoisotopic (exact) mass is 409 g/mol. The first kappa shape index (κ1) is 23.6. The number of carbonyl (C=O) groups is 1. The Morgan fingerprint density at radius 2 is 1.58 bits per heavy atom. The summed E-state index contributed by atoms with van der Waals surface area (Å²) in [5.74, 6) is 0.479. The quantitative estimate of drug-likeness (QED) is 0.733. The van der Waals surface area contributed by atoms with Crippen LogP contribution in [0.2, 0.25) is 0 Å². The molecule has 2 saturated carbocycles. The second kappa shape index (κ2) is 12.1. The topological polar surface area (TPSA) is 49.3 Å². The van der Waals surface area contributed by atoms with E-state index >= 15 is 0 Å². The molecule has 0 aliphatic heterocycles. The average molecular weight is 409 g/mol. The molecule has 2 aliphatic rings. The fraction of sp³-hybridized carbons (Fsp3) is 0.190. The van der Waals surface area contributed by atoms with Gasteiger partial charge in [0, 0.05) is 4.90 Å². The van der Waals surface area contributed by atoms with Crippen molar-refractivity contribution in [3.63, 3.8) is 0 Å². The maximum atomic E-state index is 12.3. The minimum Gasteiger partial charge on any atom is -0.394 e. The average Bonchev–Trinajstić information content (AvgIpc) is 3.30. The van der Waals surface area contributed by atoms with Crippen LogP contribution in [0.4, 0.5) is 0 Å². The van der Waals surface area contributed by atoms with Crippen LogP contribution in [0, 0.1) is 62.5 Å². The largest absolute Gasteiger partial charge is 2.00 e. The van der Waals surface area contributed by atoms with E-state index in [9.17, 15) is 9.90 Å². The van der Waals surface area contributed by atoms with Crippen LogP contribution in [-0.2, 0) is 21.9 Å². The summed E-state index contributed by atoms with van der Waals surface area (Å²) in [6.45, 7) is 3.48. The third kappa shape index (κ3) is 8.04. The van der Waals surface area contributed by atoms with E-state index in [2.05, 4.69) is 5.32 Å². The van der Waals surface area contributed by atoms with Crippen LogP contribution in [0.5, 0.6) is 0 Å². The van der Waals surface area contributed by atoms with Gasteiger partial charge in [0.05, 0.1) is 23.3 Å². The van der Waals surface area contributed by atoms with E-state index in [0.717, 1.165) is 10.1 Å². The van der Waals surface area contributed by atoms with Crippen molar-refractivity contribution in [3.05, 3.63) is 92.9 Å². The normalized spacial score (nSPS) is 18.0. The van der Waals surface area contributed by atoms with Crippen molar-refractivity contribution < 1.29 is 27.0 Å². The first-order chi connectivity index (χ1) is 12.0. The van der Waals surface area contributed by atoms with E-state index in [1.54, 1.807) is 32.0 Å². The van der Waals surface area contributed by atoms with E-state index in [4.69, 9.17) is 0 Å². The van der Waals surface area contributed by atoms with Crippen LogP contribution in [0.15, 0.2) is 35.2 Å². The molecule has 26 heavy (non-hydrogen) atoms. The Hall–Kier alpha value is -0.481. The number of nitrogens with one attached hydrogen (secondary N) is 1. The number of benzene rings is 1. The van der Waals surface area contributed by atoms with Gasteiger partial charge < -0.3 is 10.4 Å². The number of thioether (sulfide) groups is 1. The number of aliphatic hydroxyl groups is 1. The summed E-state index contributed by atoms with van der Waals surface area (Å²) in [6.07, 6.45) is 15.6. The van der Waals surface area contributed by atoms with Gasteiger partial charge in [0.25, 0.3) is 0 Å². The van der Waals surface area contributed by atoms with E-state index < -0.39 is 5.54 Å². The molecule has 2 aliphatic carbocycles. The second-order valence-electron chi connectivity index (χ2n) is 6.18. The molecule has 10 radical (unpaired) electrons. The molecule has 0 bridgehead atoms. The Labute approximate surface area is 173 Å². The molecule has 1 aromatic rings. The Kier molecular flexibility index (Phi) is 10.9. The Balaban J connectivity index is 0.000000486. The molecule has 136 valence electrons. The van der Waals surface area contributed by atoms with Crippen molar-refractivity contribution in [2.24, 2.45) is 0 Å². The van der Waals surface area contributed by atoms with Crippen LogP contribution < -0.4 is 5.32 Å². The van der Waals surface area contributed by atoms with Crippen LogP contribution in [0.3, 0.4) is 0 Å². The molecule has 0 unspecified atom stereocenters. The Morgan fingerprint density at radius 3 is 2.12 bits per heavy atom. The van der Waals surface area contributed by atoms with Gasteiger partial charge in [-0.15, -0.1) is 11.8 Å². The molecular formula is C21H23FeNO2S+2. The van der Waals surface area contributed by atoms with Gasteiger partial charge in [0.1, 0.15) is 0 Å². The van der Waals surface area contributed by atoms with Gasteiger partial charge in [0.15, 0.2) is 0 Å². The molecule has 1 amide bonds. The third-order valence-electron chi connectivity index (χ3n) is 3.39. The van der Waals surface area contributed by atoms with Gasteiger partial charge >= 0.3 is 17.1 Å². The summed E-state index contributed by atoms with van der Waals surface area (Å²) >= 11 is 1.56. The number of hydrogen-bond donors (Lipinski definition) is 2. The second-order valence-corrected chi connectivity index (χ2v) is 7.29. The van der Waals surface area contributed by atoms with Crippen molar-refractivity contribution in [1.29, 1.82) is 0 Å². The minimum atomic E-state index is -0.622. The predicted octanol–water partition coefficient (Wildman–Crippen LogP) is 3.42. The molecule has 0 saturated heterocycles. The molecule has 2 fully saturated rings. The standard InChI is InChI=1S/C16H18NO2S.C5H5.Fe/c1-16(2,11-18)17-15(19)13-9-6-10-14(13)20-12-7-4-3-5-8-12;1-2-4-5-3-1;/h3-10,18H,11H2,1-2H3,(H,17,19);1-5H;/q;;+2. The molecule has 0 heterocycles. The smallest absolute Gasteiger partial charge is 0.394 e. The van der Waals surface area contributed by atoms with E-state index in [1.165, 1.54) is 0 Å². The molecular weight excluding hydrogens is 386 g/mol. The van der Waals surface area contributed by atoms with Gasteiger partial charge in [-0.2, -0.15) is 0 Å². The molecule has 0 atom stereocenters. The Bertz CT molecular complexity index is 512. The molecule has 3 nitrogen and oxygen atoms in total. The summed E-state index contributed by atoms with van der Waals surface area (Å²) in [5.41, 5.74) is -0.622. The number of hydrogen-bond acceptors (Lipinski definition) is 3. The van der Waals surface area contributed by atoms with E-state index in [1.807, 2.05) is 75.3 Å². The summed E-state index contributed by atoms with van der Waals surface area (Å²) in [4.78, 5) is 13.3. The Morgan fingerprint density at radius 1 is 1.00 bits per heavy atom. The van der Waals surface area contributed by atoms with Crippen molar-refractivity contribution >= 4 is 17.7 Å². The fourth-order valence-corrected chi connectivity index (χ4v) is 3.00. The summed E-state index contributed by atoms with van der Waals surface area (Å²) in [7, 11) is 0. The predicted molar refractivity (Wildman–Crippen MR) is 102 cm³/mol. The van der Waals surface area contributed by atoms with Crippen molar-refractivity contribution in [3.8, 4) is 0 Å². The van der Waals surface area contributed by atoms with Gasteiger partial charge in [0.2, 0.25) is 5.91 Å². The maximum Gasteiger partial charge on any atom is 2.00 e. The minimum absolute atomic E-state index is 0. The molecule has 0 aromatic heterocycles. The number of rotatable bonds is 5. The summed E-state index contributed by atoms with van der Waals surface area (Å²) in [5, 5.41) is 13.0. The first-order valence-electron chi connectivity index (χ1n) is 8.10. The summed E-state index contributed by atoms with van der Waals surface area (Å²) in [6, 6.07) is 9.93. The van der Waals surface area contributed by atoms with Crippen LogP contribution >= 0.6 is 11.8 Å². The fourth-order valence-electron chi connectivity index (χ4n) is 2.03. The zero-order valence-corrected chi connectivity index (χ0v) is 16.8. The summed E-state index contributed by atoms with van der Waals surface area (Å²) < 4.78 is 0. The molecule has 0 spiro atoms. The molecule has 5 heteroatoms. The van der Waals surface area contributed by atoms with E-state index in [-0.39, 0.29) is 29.6 Å². The van der Waals surface area contributed by atoms with E-state index in [0.29, 0.717) is 5.92 Å².